The topological polar surface area (TPSA) is 81.2 Å². The summed E-state index contributed by atoms with van der Waals surface area (Å²) in [5.74, 6) is -1.71. The highest BCUT2D eigenvalue weighted by atomic mass is 79.9. The molecule has 6 atom stereocenters. The summed E-state index contributed by atoms with van der Waals surface area (Å²) in [7, 11) is 0. The Morgan fingerprint density at radius 2 is 1.73 bits per heavy atom. The van der Waals surface area contributed by atoms with Crippen LogP contribution < -0.4 is 9.80 Å². The summed E-state index contributed by atoms with van der Waals surface area (Å²) in [6.45, 7) is 10.8. The number of rotatable bonds is 14. The van der Waals surface area contributed by atoms with Gasteiger partial charge in [-0.3, -0.25) is 14.4 Å². The lowest BCUT2D eigenvalue weighted by molar-refractivity contribution is -0.139. The van der Waals surface area contributed by atoms with E-state index in [0.717, 1.165) is 24.1 Å². The lowest BCUT2D eigenvalue weighted by Crippen LogP contribution is -2.56. The monoisotopic (exact) mass is 713 g/mol. The molecule has 0 radical (unpaired) electrons. The van der Waals surface area contributed by atoms with E-state index in [2.05, 4.69) is 29.1 Å². The van der Waals surface area contributed by atoms with E-state index >= 15 is 0 Å². The maximum atomic E-state index is 15.0. The first-order valence-corrected chi connectivity index (χ1v) is 17.8. The van der Waals surface area contributed by atoms with Gasteiger partial charge in [-0.15, -0.1) is 24.9 Å². The smallest absolute Gasteiger partial charge is 0.251 e. The minimum atomic E-state index is -0.788. The van der Waals surface area contributed by atoms with Gasteiger partial charge in [0.1, 0.15) is 6.04 Å². The van der Waals surface area contributed by atoms with E-state index in [1.807, 2.05) is 49.4 Å². The summed E-state index contributed by atoms with van der Waals surface area (Å²) in [4.78, 5) is 49.2. The lowest BCUT2D eigenvalue weighted by atomic mass is 9.70. The molecule has 3 fully saturated rings. The number of carbonyl (C=O) groups is 3. The number of aryl methyl sites for hydroxylation is 1. The number of para-hydroxylation sites is 2. The fourth-order valence-electron chi connectivity index (χ4n) is 7.45. The zero-order chi connectivity index (χ0) is 32.3. The van der Waals surface area contributed by atoms with Gasteiger partial charge in [0, 0.05) is 42.0 Å². The second-order valence-corrected chi connectivity index (χ2v) is 15.2. The van der Waals surface area contributed by atoms with Crippen molar-refractivity contribution in [1.82, 2.24) is 4.90 Å². The summed E-state index contributed by atoms with van der Waals surface area (Å²) >= 11 is 12.2. The van der Waals surface area contributed by atoms with Crippen molar-refractivity contribution >= 4 is 68.4 Å². The molecule has 2 bridgehead atoms. The zero-order valence-electron chi connectivity index (χ0n) is 25.6. The number of fused-ring (bicyclic) bond motifs is 1. The third-order valence-corrected chi connectivity index (χ3v) is 12.8. The van der Waals surface area contributed by atoms with Gasteiger partial charge in [0.25, 0.3) is 5.91 Å². The number of aliphatic hydroxyl groups excluding tert-OH is 1. The first-order chi connectivity index (χ1) is 21.7. The molecule has 0 aliphatic carbocycles. The van der Waals surface area contributed by atoms with Crippen LogP contribution in [0.5, 0.6) is 0 Å². The molecule has 1 spiro atoms. The lowest BCUT2D eigenvalue weighted by Gasteiger charge is -2.39. The molecule has 2 aromatic carbocycles. The summed E-state index contributed by atoms with van der Waals surface area (Å²) in [5.41, 5.74) is 2.21. The second kappa shape index (κ2) is 14.4. The third kappa shape index (κ3) is 6.13. The van der Waals surface area contributed by atoms with E-state index in [4.69, 9.17) is 11.6 Å². The number of alkyl halides is 1. The van der Waals surface area contributed by atoms with Gasteiger partial charge < -0.3 is 19.8 Å². The molecule has 240 valence electrons. The highest BCUT2D eigenvalue weighted by Gasteiger charge is 2.76. The van der Waals surface area contributed by atoms with Gasteiger partial charge in [-0.2, -0.15) is 0 Å². The first-order valence-electron chi connectivity index (χ1n) is 15.6. The predicted octanol–water partition coefficient (Wildman–Crippen LogP) is 6.40. The number of hydrogen-bond donors (Lipinski definition) is 1. The number of benzene rings is 2. The molecule has 7 nitrogen and oxygen atoms in total. The minimum Gasteiger partial charge on any atom is -0.396 e. The molecule has 10 heteroatoms. The molecule has 45 heavy (non-hydrogen) atoms. The molecule has 3 aliphatic rings. The van der Waals surface area contributed by atoms with Crippen LogP contribution in [-0.2, 0) is 14.4 Å². The number of carbonyl (C=O) groups excluding carboxylic acids is 3. The first kappa shape index (κ1) is 33.8. The number of hydrogen-bond acceptors (Lipinski definition) is 5. The molecule has 3 unspecified atom stereocenters. The highest BCUT2D eigenvalue weighted by Crippen LogP contribution is 2.68. The molecule has 3 heterocycles. The van der Waals surface area contributed by atoms with Crippen molar-refractivity contribution in [1.29, 1.82) is 0 Å². The number of unbranched alkanes of at least 4 members (excludes halogenated alkanes) is 3. The van der Waals surface area contributed by atoms with Crippen LogP contribution in [0, 0.1) is 18.8 Å². The Bertz CT molecular complexity index is 1420. The molecule has 3 saturated heterocycles. The number of halogens is 2. The second-order valence-electron chi connectivity index (χ2n) is 12.0. The molecule has 3 amide bonds. The van der Waals surface area contributed by atoms with Crippen molar-refractivity contribution in [2.24, 2.45) is 11.8 Å². The van der Waals surface area contributed by atoms with E-state index in [-0.39, 0.29) is 41.0 Å². The zero-order valence-corrected chi connectivity index (χ0v) is 28.8. The summed E-state index contributed by atoms with van der Waals surface area (Å²) in [6, 6.07) is 14.2. The molecule has 2 aromatic rings. The molecule has 1 N–H and O–H groups in total. The normalized spacial score (nSPS) is 26.5. The molecule has 3 aliphatic heterocycles. The SMILES string of the molecule is C=CCN(C(=O)[C@H]1[C@H]2C(=O)N(CCCCCCO)C(C(=O)N(CC=C)c3c(C)cccc3Cl)C23CC(Br)[C@@H]1S3)c1ccccc1. The number of aliphatic hydroxyl groups is 1. The van der Waals surface area contributed by atoms with Crippen molar-refractivity contribution in [3.8, 4) is 0 Å². The fraction of sp³-hybridized carbons (Fsp3) is 0.457. The van der Waals surface area contributed by atoms with Crippen LogP contribution in [0.1, 0.15) is 37.7 Å². The number of nitrogens with zero attached hydrogens (tertiary/aromatic N) is 3. The summed E-state index contributed by atoms with van der Waals surface area (Å²) in [6.07, 6.45) is 7.02. The molecular weight excluding hydrogens is 674 g/mol. The largest absolute Gasteiger partial charge is 0.396 e. The Morgan fingerprint density at radius 3 is 2.40 bits per heavy atom. The Labute approximate surface area is 283 Å². The molecule has 0 saturated carbocycles. The van der Waals surface area contributed by atoms with E-state index in [9.17, 15) is 19.5 Å². The van der Waals surface area contributed by atoms with E-state index in [0.29, 0.717) is 43.1 Å². The van der Waals surface area contributed by atoms with Crippen molar-refractivity contribution in [2.75, 3.05) is 36.0 Å². The molecular formula is C35H41BrClN3O4S. The Morgan fingerprint density at radius 1 is 1.04 bits per heavy atom. The number of amides is 3. The van der Waals surface area contributed by atoms with Crippen LogP contribution >= 0.6 is 39.3 Å². The van der Waals surface area contributed by atoms with Crippen LogP contribution in [0.25, 0.3) is 0 Å². The van der Waals surface area contributed by atoms with Crippen molar-refractivity contribution < 1.29 is 19.5 Å². The highest BCUT2D eigenvalue weighted by molar-refractivity contribution is 9.09. The fourth-order valence-corrected chi connectivity index (χ4v) is 11.4. The number of anilines is 2. The van der Waals surface area contributed by atoms with Crippen LogP contribution in [0.15, 0.2) is 73.8 Å². The quantitative estimate of drug-likeness (QED) is 0.139. The standard InChI is InChI=1S/C35H41BrClN3O4S/c1-4-18-38(24-15-9-8-10-16-24)32(42)27-28-33(43)40(20-11-6-7-12-21-41)31(35(28)22-25(36)30(27)45-35)34(44)39(19-5-2)29-23(3)14-13-17-26(29)37/h4-5,8-10,13-17,25,27-28,30-31,41H,1-2,6-7,11-12,18-22H2,3H3/t25?,27-,28-,30-,31?,35?/m0/s1. The van der Waals surface area contributed by atoms with Crippen LogP contribution in [0.4, 0.5) is 11.4 Å². The van der Waals surface area contributed by atoms with Gasteiger partial charge in [-0.05, 0) is 49.9 Å². The van der Waals surface area contributed by atoms with Gasteiger partial charge in [-0.1, -0.05) is 82.9 Å². The third-order valence-electron chi connectivity index (χ3n) is 9.30. The van der Waals surface area contributed by atoms with Crippen molar-refractivity contribution in [2.45, 2.75) is 59.9 Å². The maximum Gasteiger partial charge on any atom is 0.251 e. The Hall–Kier alpha value is -2.59. The number of thioether (sulfide) groups is 1. The summed E-state index contributed by atoms with van der Waals surface area (Å²) < 4.78 is -0.788. The maximum absolute atomic E-state index is 15.0. The van der Waals surface area contributed by atoms with Gasteiger partial charge >= 0.3 is 0 Å². The van der Waals surface area contributed by atoms with Gasteiger partial charge in [-0.25, -0.2) is 0 Å². The summed E-state index contributed by atoms with van der Waals surface area (Å²) in [5, 5.41) is 9.55. The van der Waals surface area contributed by atoms with E-state index in [1.54, 1.807) is 44.7 Å². The van der Waals surface area contributed by atoms with Gasteiger partial charge in [0.15, 0.2) is 0 Å². The van der Waals surface area contributed by atoms with Crippen LogP contribution in [0.3, 0.4) is 0 Å². The van der Waals surface area contributed by atoms with Crippen molar-refractivity contribution in [3.05, 3.63) is 84.4 Å². The average Bonchev–Trinajstić information content (AvgIpc) is 3.62. The Kier molecular flexibility index (Phi) is 10.8. The van der Waals surface area contributed by atoms with E-state index < -0.39 is 22.6 Å². The predicted molar refractivity (Wildman–Crippen MR) is 187 cm³/mol. The van der Waals surface area contributed by atoms with Gasteiger partial charge in [0.2, 0.25) is 11.8 Å². The molecule has 5 rings (SSSR count). The number of likely N-dealkylation sites (tertiary alicyclic amines) is 1. The Balaban J connectivity index is 1.57. The molecule has 0 aromatic heterocycles. The average molecular weight is 715 g/mol. The van der Waals surface area contributed by atoms with Crippen LogP contribution in [-0.4, -0.2) is 74.8 Å². The van der Waals surface area contributed by atoms with Gasteiger partial charge in [0.05, 0.1) is 27.3 Å². The minimum absolute atomic E-state index is 0.0448. The van der Waals surface area contributed by atoms with E-state index in [1.165, 1.54) is 0 Å². The van der Waals surface area contributed by atoms with Crippen molar-refractivity contribution in [3.63, 3.8) is 0 Å². The van der Waals surface area contributed by atoms with Crippen LogP contribution in [0.2, 0.25) is 5.02 Å².